The van der Waals surface area contributed by atoms with Crippen LogP contribution < -0.4 is 5.32 Å². The van der Waals surface area contributed by atoms with Crippen molar-refractivity contribution in [2.45, 2.75) is 12.6 Å². The largest absolute Gasteiger partial charge is 0.342 e. The van der Waals surface area contributed by atoms with Crippen molar-refractivity contribution in [3.63, 3.8) is 0 Å². The van der Waals surface area contributed by atoms with Gasteiger partial charge in [0, 0.05) is 22.6 Å². The van der Waals surface area contributed by atoms with Crippen molar-refractivity contribution in [3.05, 3.63) is 86.8 Å². The molecule has 1 aromatic heterocycles. The van der Waals surface area contributed by atoms with Gasteiger partial charge >= 0.3 is 0 Å². The average molecular weight is 430 g/mol. The molecule has 3 rings (SSSR count). The van der Waals surface area contributed by atoms with Crippen LogP contribution in [0.2, 0.25) is 0 Å². The Labute approximate surface area is 166 Å². The van der Waals surface area contributed by atoms with Gasteiger partial charge in [-0.1, -0.05) is 58.4 Å². The van der Waals surface area contributed by atoms with Crippen molar-refractivity contribution in [1.29, 1.82) is 0 Å². The van der Waals surface area contributed by atoms with Crippen molar-refractivity contribution in [1.82, 2.24) is 15.2 Å². The van der Waals surface area contributed by atoms with Gasteiger partial charge < -0.3 is 5.32 Å². The molecule has 0 aliphatic heterocycles. The Bertz CT molecular complexity index is 822. The predicted octanol–water partition coefficient (Wildman–Crippen LogP) is 4.24. The van der Waals surface area contributed by atoms with Crippen LogP contribution in [-0.4, -0.2) is 29.4 Å². The molecule has 2 aromatic carbocycles. The van der Waals surface area contributed by atoms with Crippen molar-refractivity contribution < 1.29 is 4.79 Å². The number of aromatic nitrogens is 1. The van der Waals surface area contributed by atoms with Crippen LogP contribution in [0.25, 0.3) is 0 Å². The third kappa shape index (κ3) is 5.24. The number of thiazole rings is 1. The van der Waals surface area contributed by atoms with Crippen LogP contribution >= 0.6 is 27.3 Å². The fraction of sp³-hybridized carbons (Fsp3) is 0.200. The van der Waals surface area contributed by atoms with Crippen LogP contribution in [0.15, 0.2) is 70.6 Å². The molecule has 0 aliphatic carbocycles. The lowest BCUT2D eigenvalue weighted by Crippen LogP contribution is -2.37. The number of nitrogens with zero attached hydrogens (tertiary/aromatic N) is 2. The van der Waals surface area contributed by atoms with Crippen LogP contribution in [0.3, 0.4) is 0 Å². The van der Waals surface area contributed by atoms with E-state index in [2.05, 4.69) is 38.4 Å². The van der Waals surface area contributed by atoms with E-state index in [-0.39, 0.29) is 11.9 Å². The number of amides is 1. The first kappa shape index (κ1) is 18.8. The molecule has 0 fully saturated rings. The summed E-state index contributed by atoms with van der Waals surface area (Å²) in [7, 11) is 1.95. The topological polar surface area (TPSA) is 45.2 Å². The number of carbonyl (C=O) groups excluding carboxylic acids is 1. The molecule has 1 atom stereocenters. The molecule has 0 saturated carbocycles. The highest BCUT2D eigenvalue weighted by Gasteiger charge is 2.19. The van der Waals surface area contributed by atoms with Crippen LogP contribution in [0, 0.1) is 0 Å². The molecule has 0 radical (unpaired) electrons. The lowest BCUT2D eigenvalue weighted by molar-refractivity contribution is -0.122. The Kier molecular flexibility index (Phi) is 6.55. The number of likely N-dealkylation sites (N-methyl/N-ethyl adjacent to an activating group) is 1. The van der Waals surface area contributed by atoms with Gasteiger partial charge in [-0.05, 0) is 30.3 Å². The summed E-state index contributed by atoms with van der Waals surface area (Å²) in [6, 6.07) is 17.9. The summed E-state index contributed by atoms with van der Waals surface area (Å²) < 4.78 is 1.05. The lowest BCUT2D eigenvalue weighted by Gasteiger charge is -2.20. The number of hydrogen-bond acceptors (Lipinski definition) is 4. The highest BCUT2D eigenvalue weighted by Crippen LogP contribution is 2.23. The molecule has 134 valence electrons. The summed E-state index contributed by atoms with van der Waals surface area (Å²) >= 11 is 4.98. The molecule has 0 saturated heterocycles. The highest BCUT2D eigenvalue weighted by molar-refractivity contribution is 9.10. The number of benzene rings is 2. The van der Waals surface area contributed by atoms with Crippen LogP contribution in [-0.2, 0) is 11.3 Å². The maximum Gasteiger partial charge on any atom is 0.235 e. The van der Waals surface area contributed by atoms with Gasteiger partial charge in [0.25, 0.3) is 0 Å². The van der Waals surface area contributed by atoms with Gasteiger partial charge in [-0.15, -0.1) is 11.3 Å². The minimum Gasteiger partial charge on any atom is -0.342 e. The summed E-state index contributed by atoms with van der Waals surface area (Å²) in [6.07, 6.45) is 1.77. The minimum atomic E-state index is -0.218. The van der Waals surface area contributed by atoms with E-state index in [1.807, 2.05) is 59.8 Å². The number of carbonyl (C=O) groups is 1. The molecule has 1 N–H and O–H groups in total. The highest BCUT2D eigenvalue weighted by atomic mass is 79.9. The number of halogens is 1. The summed E-state index contributed by atoms with van der Waals surface area (Å²) in [6.45, 7) is 1.04. The molecule has 6 heteroatoms. The smallest absolute Gasteiger partial charge is 0.235 e. The fourth-order valence-corrected chi connectivity index (χ4v) is 3.70. The molecular weight excluding hydrogens is 410 g/mol. The second-order valence-electron chi connectivity index (χ2n) is 6.08. The van der Waals surface area contributed by atoms with E-state index in [4.69, 9.17) is 0 Å². The maximum absolute atomic E-state index is 12.6. The lowest BCUT2D eigenvalue weighted by atomic mass is 10.1. The first-order valence-corrected chi connectivity index (χ1v) is 9.96. The van der Waals surface area contributed by atoms with Crippen molar-refractivity contribution in [3.8, 4) is 0 Å². The van der Waals surface area contributed by atoms with E-state index in [0.717, 1.165) is 15.0 Å². The van der Waals surface area contributed by atoms with Crippen molar-refractivity contribution >= 4 is 33.2 Å². The van der Waals surface area contributed by atoms with E-state index in [1.54, 1.807) is 17.5 Å². The summed E-state index contributed by atoms with van der Waals surface area (Å²) in [5, 5.41) is 5.94. The molecule has 0 aliphatic rings. The fourth-order valence-electron chi connectivity index (χ4n) is 2.72. The van der Waals surface area contributed by atoms with Crippen LogP contribution in [0.1, 0.15) is 22.2 Å². The zero-order valence-electron chi connectivity index (χ0n) is 14.4. The minimum absolute atomic E-state index is 0.0198. The molecule has 1 amide bonds. The molecule has 1 unspecified atom stereocenters. The number of hydrogen-bond donors (Lipinski definition) is 1. The summed E-state index contributed by atoms with van der Waals surface area (Å²) in [5.74, 6) is -0.0198. The van der Waals surface area contributed by atoms with Gasteiger partial charge in [-0.25, -0.2) is 4.98 Å². The molecule has 0 spiro atoms. The van der Waals surface area contributed by atoms with Gasteiger partial charge in [0.1, 0.15) is 11.0 Å². The Morgan fingerprint density at radius 1 is 1.19 bits per heavy atom. The van der Waals surface area contributed by atoms with Crippen molar-refractivity contribution in [2.75, 3.05) is 13.6 Å². The Hall–Kier alpha value is -2.02. The molecular formula is C20H20BrN3OS. The number of nitrogens with one attached hydrogen (secondary N) is 1. The van der Waals surface area contributed by atoms with E-state index in [0.29, 0.717) is 13.1 Å². The van der Waals surface area contributed by atoms with Gasteiger partial charge in [0.2, 0.25) is 5.91 Å². The van der Waals surface area contributed by atoms with E-state index >= 15 is 0 Å². The third-order valence-corrected chi connectivity index (χ3v) is 5.28. The Balaban J connectivity index is 1.63. The molecule has 26 heavy (non-hydrogen) atoms. The van der Waals surface area contributed by atoms with Gasteiger partial charge in [-0.3, -0.25) is 9.69 Å². The first-order chi connectivity index (χ1) is 12.6. The molecule has 1 heterocycles. The predicted molar refractivity (Wildman–Crippen MR) is 109 cm³/mol. The maximum atomic E-state index is 12.6. The second-order valence-corrected chi connectivity index (χ2v) is 7.92. The Morgan fingerprint density at radius 2 is 1.92 bits per heavy atom. The summed E-state index contributed by atoms with van der Waals surface area (Å²) in [5.41, 5.74) is 2.20. The molecule has 3 aromatic rings. The zero-order chi connectivity index (χ0) is 18.4. The third-order valence-electron chi connectivity index (χ3n) is 3.92. The van der Waals surface area contributed by atoms with Gasteiger partial charge in [-0.2, -0.15) is 0 Å². The first-order valence-electron chi connectivity index (χ1n) is 8.28. The quantitative estimate of drug-likeness (QED) is 0.610. The molecule has 0 bridgehead atoms. The standard InChI is InChI=1S/C20H20BrN3OS/c1-24(13-15-7-9-17(21)10-8-15)14-18(25)23-19(20-22-11-12-26-20)16-5-3-2-4-6-16/h2-12,19H,13-14H2,1H3,(H,23,25). The molecule has 4 nitrogen and oxygen atoms in total. The normalized spacial score (nSPS) is 12.1. The van der Waals surface area contributed by atoms with Crippen LogP contribution in [0.4, 0.5) is 0 Å². The van der Waals surface area contributed by atoms with Gasteiger partial charge in [0.05, 0.1) is 6.54 Å². The second kappa shape index (κ2) is 9.07. The van der Waals surface area contributed by atoms with E-state index < -0.39 is 0 Å². The monoisotopic (exact) mass is 429 g/mol. The van der Waals surface area contributed by atoms with E-state index in [9.17, 15) is 4.79 Å². The summed E-state index contributed by atoms with van der Waals surface area (Å²) in [4.78, 5) is 19.0. The van der Waals surface area contributed by atoms with Crippen LogP contribution in [0.5, 0.6) is 0 Å². The van der Waals surface area contributed by atoms with Crippen molar-refractivity contribution in [2.24, 2.45) is 0 Å². The van der Waals surface area contributed by atoms with Gasteiger partial charge in [0.15, 0.2) is 0 Å². The number of rotatable bonds is 7. The average Bonchev–Trinajstić information content (AvgIpc) is 3.17. The SMILES string of the molecule is CN(CC(=O)NC(c1ccccc1)c1nccs1)Cc1ccc(Br)cc1. The Morgan fingerprint density at radius 3 is 2.58 bits per heavy atom. The zero-order valence-corrected chi connectivity index (χ0v) is 16.8. The van der Waals surface area contributed by atoms with E-state index in [1.165, 1.54) is 5.56 Å².